The number of benzene rings is 1. The number of thiocarbonyl (C=S) groups is 1. The molecule has 7 heteroatoms. The van der Waals surface area contributed by atoms with E-state index in [9.17, 15) is 4.79 Å². The number of nitriles is 1. The second-order valence-corrected chi connectivity index (χ2v) is 6.08. The molecule has 0 aliphatic carbocycles. The highest BCUT2D eigenvalue weighted by Crippen LogP contribution is 2.14. The summed E-state index contributed by atoms with van der Waals surface area (Å²) in [6.45, 7) is 1.79. The average Bonchev–Trinajstić information content (AvgIpc) is 3.04. The maximum atomic E-state index is 12.2. The predicted octanol–water partition coefficient (Wildman–Crippen LogP) is 2.75. The largest absolute Gasteiger partial charge is 0.376 e. The average molecular weight is 352 g/mol. The van der Waals surface area contributed by atoms with Crippen LogP contribution < -0.4 is 5.32 Å². The number of nitrogens with zero attached hydrogens (tertiary/aromatic N) is 2. The molecule has 0 spiro atoms. The van der Waals surface area contributed by atoms with E-state index >= 15 is 0 Å². The van der Waals surface area contributed by atoms with Gasteiger partial charge in [-0.1, -0.05) is 17.7 Å². The van der Waals surface area contributed by atoms with Crippen LogP contribution in [0.5, 0.6) is 0 Å². The fourth-order valence-electron chi connectivity index (χ4n) is 2.37. The Hall–Kier alpha value is -1.68. The first-order chi connectivity index (χ1) is 11.1. The minimum atomic E-state index is -0.313. The van der Waals surface area contributed by atoms with Crippen LogP contribution in [0, 0.1) is 11.3 Å². The van der Waals surface area contributed by atoms with Crippen molar-refractivity contribution in [3.63, 3.8) is 0 Å². The van der Waals surface area contributed by atoms with Crippen molar-refractivity contribution < 1.29 is 9.53 Å². The second-order valence-electron chi connectivity index (χ2n) is 5.26. The summed E-state index contributed by atoms with van der Waals surface area (Å²) in [5.74, 6) is -0.313. The van der Waals surface area contributed by atoms with Crippen LogP contribution in [-0.4, -0.2) is 41.7 Å². The number of ether oxygens (including phenoxy) is 1. The van der Waals surface area contributed by atoms with Crippen LogP contribution in [0.15, 0.2) is 24.3 Å². The van der Waals surface area contributed by atoms with Crippen molar-refractivity contribution in [3.05, 3.63) is 34.9 Å². The van der Waals surface area contributed by atoms with Crippen molar-refractivity contribution in [1.29, 1.82) is 5.26 Å². The van der Waals surface area contributed by atoms with Gasteiger partial charge in [-0.2, -0.15) is 5.26 Å². The molecule has 23 heavy (non-hydrogen) atoms. The summed E-state index contributed by atoms with van der Waals surface area (Å²) >= 11 is 11.2. The Kier molecular flexibility index (Phi) is 6.78. The van der Waals surface area contributed by atoms with Crippen molar-refractivity contribution in [1.82, 2.24) is 10.2 Å². The molecular weight excluding hydrogens is 334 g/mol. The van der Waals surface area contributed by atoms with E-state index in [1.165, 1.54) is 0 Å². The van der Waals surface area contributed by atoms with E-state index in [0.717, 1.165) is 19.4 Å². The lowest BCUT2D eigenvalue weighted by molar-refractivity contribution is 0.0890. The molecule has 1 aromatic carbocycles. The molecule has 0 bridgehead atoms. The summed E-state index contributed by atoms with van der Waals surface area (Å²) in [5, 5.41) is 12.3. The van der Waals surface area contributed by atoms with Crippen molar-refractivity contribution in [2.45, 2.75) is 25.4 Å². The van der Waals surface area contributed by atoms with Gasteiger partial charge in [0.1, 0.15) is 0 Å². The van der Waals surface area contributed by atoms with E-state index in [2.05, 4.69) is 11.4 Å². The highest BCUT2D eigenvalue weighted by Gasteiger charge is 2.21. The Labute approximate surface area is 146 Å². The SMILES string of the molecule is N#CCCN(CC1CCCO1)C(=S)NC(=O)c1cccc(Cl)c1. The maximum absolute atomic E-state index is 12.2. The van der Waals surface area contributed by atoms with Crippen molar-refractivity contribution >= 4 is 34.8 Å². The first kappa shape index (κ1) is 17.7. The number of hydrogen-bond donors (Lipinski definition) is 1. The smallest absolute Gasteiger partial charge is 0.257 e. The standard InChI is InChI=1S/C16H18ClN3O2S/c17-13-5-1-4-12(10-13)15(21)19-16(23)20(8-3-7-18)11-14-6-2-9-22-14/h1,4-5,10,14H,2-3,6,8-9,11H2,(H,19,21,23). The molecule has 1 amide bonds. The molecule has 1 atom stereocenters. The van der Waals surface area contributed by atoms with Crippen LogP contribution in [0.4, 0.5) is 0 Å². The fourth-order valence-corrected chi connectivity index (χ4v) is 2.82. The highest BCUT2D eigenvalue weighted by molar-refractivity contribution is 7.80. The van der Waals surface area contributed by atoms with Gasteiger partial charge >= 0.3 is 0 Å². The molecule has 1 aromatic rings. The lowest BCUT2D eigenvalue weighted by Crippen LogP contribution is -2.46. The molecule has 122 valence electrons. The molecule has 1 aliphatic heterocycles. The zero-order chi connectivity index (χ0) is 16.7. The second kappa shape index (κ2) is 8.82. The Morgan fingerprint density at radius 1 is 1.57 bits per heavy atom. The van der Waals surface area contributed by atoms with Crippen LogP contribution in [-0.2, 0) is 4.74 Å². The Morgan fingerprint density at radius 2 is 2.39 bits per heavy atom. The summed E-state index contributed by atoms with van der Waals surface area (Å²) < 4.78 is 5.60. The van der Waals surface area contributed by atoms with Gasteiger partial charge in [-0.15, -0.1) is 0 Å². The van der Waals surface area contributed by atoms with Crippen molar-refractivity contribution in [2.75, 3.05) is 19.7 Å². The van der Waals surface area contributed by atoms with Crippen molar-refractivity contribution in [3.8, 4) is 6.07 Å². The summed E-state index contributed by atoms with van der Waals surface area (Å²) in [5.41, 5.74) is 0.442. The quantitative estimate of drug-likeness (QED) is 0.826. The van der Waals surface area contributed by atoms with Gasteiger partial charge < -0.3 is 9.64 Å². The summed E-state index contributed by atoms with van der Waals surface area (Å²) in [7, 11) is 0. The van der Waals surface area contributed by atoms with Gasteiger partial charge in [0.2, 0.25) is 0 Å². The molecule has 1 aliphatic rings. The Bertz CT molecular complexity index is 612. The molecule has 1 unspecified atom stereocenters. The summed E-state index contributed by atoms with van der Waals surface area (Å²) in [6.07, 6.45) is 2.42. The van der Waals surface area contributed by atoms with E-state index < -0.39 is 0 Å². The van der Waals surface area contributed by atoms with Gasteiger partial charge in [0, 0.05) is 30.3 Å². The molecule has 2 rings (SSSR count). The zero-order valence-electron chi connectivity index (χ0n) is 12.6. The molecular formula is C16H18ClN3O2S. The molecule has 1 heterocycles. The van der Waals surface area contributed by atoms with Gasteiger partial charge in [-0.05, 0) is 43.3 Å². The maximum Gasteiger partial charge on any atom is 0.257 e. The first-order valence-electron chi connectivity index (χ1n) is 7.44. The molecule has 1 N–H and O–H groups in total. The van der Waals surface area contributed by atoms with Gasteiger partial charge in [0.05, 0.1) is 18.6 Å². The number of nitrogens with one attached hydrogen (secondary N) is 1. The lowest BCUT2D eigenvalue weighted by Gasteiger charge is -2.27. The molecule has 0 saturated carbocycles. The minimum absolute atomic E-state index is 0.0923. The lowest BCUT2D eigenvalue weighted by atomic mass is 10.2. The molecule has 1 fully saturated rings. The Morgan fingerprint density at radius 3 is 3.04 bits per heavy atom. The van der Waals surface area contributed by atoms with E-state index in [0.29, 0.717) is 35.2 Å². The Balaban J connectivity index is 1.98. The third-order valence-electron chi connectivity index (χ3n) is 3.54. The molecule has 5 nitrogen and oxygen atoms in total. The van der Waals surface area contributed by atoms with Crippen LogP contribution in [0.3, 0.4) is 0 Å². The summed E-state index contributed by atoms with van der Waals surface area (Å²) in [4.78, 5) is 14.1. The zero-order valence-corrected chi connectivity index (χ0v) is 14.2. The van der Waals surface area contributed by atoms with E-state index in [4.69, 9.17) is 33.8 Å². The fraction of sp³-hybridized carbons (Fsp3) is 0.438. The van der Waals surface area contributed by atoms with E-state index in [1.54, 1.807) is 24.3 Å². The number of amides is 1. The van der Waals surface area contributed by atoms with Gasteiger partial charge in [-0.3, -0.25) is 10.1 Å². The number of carbonyl (C=O) groups excluding carboxylic acids is 1. The van der Waals surface area contributed by atoms with Gasteiger partial charge in [-0.25, -0.2) is 0 Å². The number of halogens is 1. The number of rotatable bonds is 5. The van der Waals surface area contributed by atoms with E-state index in [-0.39, 0.29) is 12.0 Å². The molecule has 1 saturated heterocycles. The topological polar surface area (TPSA) is 65.4 Å². The normalized spacial score (nSPS) is 16.6. The van der Waals surface area contributed by atoms with Gasteiger partial charge in [0.15, 0.2) is 5.11 Å². The number of carbonyl (C=O) groups is 1. The predicted molar refractivity (Wildman–Crippen MR) is 92.3 cm³/mol. The minimum Gasteiger partial charge on any atom is -0.376 e. The third-order valence-corrected chi connectivity index (χ3v) is 4.13. The van der Waals surface area contributed by atoms with E-state index in [1.807, 2.05) is 4.90 Å². The first-order valence-corrected chi connectivity index (χ1v) is 8.23. The molecule has 0 radical (unpaired) electrons. The van der Waals surface area contributed by atoms with Crippen LogP contribution in [0.1, 0.15) is 29.6 Å². The molecule has 0 aromatic heterocycles. The third kappa shape index (κ3) is 5.47. The van der Waals surface area contributed by atoms with Gasteiger partial charge in [0.25, 0.3) is 5.91 Å². The van der Waals surface area contributed by atoms with Crippen molar-refractivity contribution in [2.24, 2.45) is 0 Å². The van der Waals surface area contributed by atoms with Crippen LogP contribution >= 0.6 is 23.8 Å². The monoisotopic (exact) mass is 351 g/mol. The van der Waals surface area contributed by atoms with Crippen LogP contribution in [0.25, 0.3) is 0 Å². The number of hydrogen-bond acceptors (Lipinski definition) is 4. The highest BCUT2D eigenvalue weighted by atomic mass is 35.5. The summed E-state index contributed by atoms with van der Waals surface area (Å²) in [6, 6.07) is 8.76. The van der Waals surface area contributed by atoms with Crippen LogP contribution in [0.2, 0.25) is 5.02 Å².